The highest BCUT2D eigenvalue weighted by Crippen LogP contribution is 2.30. The van der Waals surface area contributed by atoms with E-state index in [1.807, 2.05) is 30.3 Å². The summed E-state index contributed by atoms with van der Waals surface area (Å²) in [5.41, 5.74) is 3.24. The molecule has 1 saturated carbocycles. The Morgan fingerprint density at radius 1 is 0.880 bits per heavy atom. The molecule has 1 aliphatic heterocycles. The number of ketones is 1. The fourth-order valence-electron chi connectivity index (χ4n) is 4.17. The highest BCUT2D eigenvalue weighted by Gasteiger charge is 2.29. The molecule has 0 N–H and O–H groups in total. The third-order valence-corrected chi connectivity index (χ3v) is 5.89. The summed E-state index contributed by atoms with van der Waals surface area (Å²) < 4.78 is 0. The SMILES string of the molecule is O=C(c1ccc(-c2ccccc2)cc1)C1CCCN(CC2CCC2)C1. The molecule has 2 fully saturated rings. The van der Waals surface area contributed by atoms with Crippen LogP contribution in [0.15, 0.2) is 54.6 Å². The zero-order valence-electron chi connectivity index (χ0n) is 14.9. The van der Waals surface area contributed by atoms with Gasteiger partial charge >= 0.3 is 0 Å². The second kappa shape index (κ2) is 7.53. The van der Waals surface area contributed by atoms with E-state index in [0.29, 0.717) is 5.78 Å². The zero-order valence-corrected chi connectivity index (χ0v) is 14.9. The molecule has 2 heteroatoms. The summed E-state index contributed by atoms with van der Waals surface area (Å²) in [4.78, 5) is 15.5. The molecule has 0 radical (unpaired) electrons. The first-order valence-electron chi connectivity index (χ1n) is 9.71. The maximum absolute atomic E-state index is 12.9. The van der Waals surface area contributed by atoms with Gasteiger partial charge in [-0.3, -0.25) is 4.79 Å². The molecule has 0 aromatic heterocycles. The smallest absolute Gasteiger partial charge is 0.167 e. The molecule has 2 aromatic rings. The number of likely N-dealkylation sites (tertiary alicyclic amines) is 1. The van der Waals surface area contributed by atoms with E-state index in [9.17, 15) is 4.79 Å². The molecular formula is C23H27NO. The average molecular weight is 333 g/mol. The lowest BCUT2D eigenvalue weighted by Crippen LogP contribution is -2.42. The van der Waals surface area contributed by atoms with Gasteiger partial charge in [0.15, 0.2) is 5.78 Å². The predicted octanol–water partition coefficient (Wildman–Crippen LogP) is 5.05. The summed E-state index contributed by atoms with van der Waals surface area (Å²) in [6, 6.07) is 18.5. The van der Waals surface area contributed by atoms with E-state index in [2.05, 4.69) is 29.2 Å². The Morgan fingerprint density at radius 2 is 1.60 bits per heavy atom. The first-order chi connectivity index (χ1) is 12.3. The minimum absolute atomic E-state index is 0.177. The van der Waals surface area contributed by atoms with E-state index < -0.39 is 0 Å². The van der Waals surface area contributed by atoms with Gasteiger partial charge in [-0.2, -0.15) is 0 Å². The van der Waals surface area contributed by atoms with Crippen LogP contribution in [-0.4, -0.2) is 30.3 Å². The highest BCUT2D eigenvalue weighted by atomic mass is 16.1. The maximum atomic E-state index is 12.9. The molecule has 0 spiro atoms. The molecule has 2 nitrogen and oxygen atoms in total. The molecule has 4 rings (SSSR count). The molecule has 0 amide bonds. The van der Waals surface area contributed by atoms with Crippen molar-refractivity contribution >= 4 is 5.78 Å². The summed E-state index contributed by atoms with van der Waals surface area (Å²) >= 11 is 0. The van der Waals surface area contributed by atoms with Crippen LogP contribution < -0.4 is 0 Å². The second-order valence-corrected chi connectivity index (χ2v) is 7.70. The summed E-state index contributed by atoms with van der Waals surface area (Å²) in [5, 5.41) is 0. The Morgan fingerprint density at radius 3 is 2.28 bits per heavy atom. The van der Waals surface area contributed by atoms with Crippen LogP contribution in [0.25, 0.3) is 11.1 Å². The van der Waals surface area contributed by atoms with Crippen LogP contribution in [0.1, 0.15) is 42.5 Å². The van der Waals surface area contributed by atoms with Crippen molar-refractivity contribution in [1.82, 2.24) is 4.90 Å². The number of carbonyl (C=O) groups is 1. The molecule has 1 saturated heterocycles. The lowest BCUT2D eigenvalue weighted by Gasteiger charge is -2.37. The zero-order chi connectivity index (χ0) is 17.1. The largest absolute Gasteiger partial charge is 0.302 e. The van der Waals surface area contributed by atoms with Crippen molar-refractivity contribution in [3.05, 3.63) is 60.2 Å². The minimum Gasteiger partial charge on any atom is -0.302 e. The lowest BCUT2D eigenvalue weighted by atomic mass is 9.83. The molecular weight excluding hydrogens is 306 g/mol. The molecule has 1 aliphatic carbocycles. The first-order valence-corrected chi connectivity index (χ1v) is 9.71. The molecule has 0 bridgehead atoms. The quantitative estimate of drug-likeness (QED) is 0.714. The van der Waals surface area contributed by atoms with Crippen molar-refractivity contribution in [3.63, 3.8) is 0 Å². The Kier molecular flexibility index (Phi) is 4.98. The Labute approximate surface area is 150 Å². The van der Waals surface area contributed by atoms with Crippen molar-refractivity contribution < 1.29 is 4.79 Å². The van der Waals surface area contributed by atoms with Crippen LogP contribution >= 0.6 is 0 Å². The van der Waals surface area contributed by atoms with Crippen LogP contribution in [0.2, 0.25) is 0 Å². The summed E-state index contributed by atoms with van der Waals surface area (Å²) in [6.45, 7) is 3.33. The van der Waals surface area contributed by atoms with E-state index in [1.165, 1.54) is 43.5 Å². The Hall–Kier alpha value is -1.93. The van der Waals surface area contributed by atoms with Gasteiger partial charge in [0, 0.05) is 24.6 Å². The van der Waals surface area contributed by atoms with Gasteiger partial charge in [-0.05, 0) is 49.3 Å². The number of benzene rings is 2. The van der Waals surface area contributed by atoms with Crippen molar-refractivity contribution in [2.75, 3.05) is 19.6 Å². The lowest BCUT2D eigenvalue weighted by molar-refractivity contribution is 0.0769. The minimum atomic E-state index is 0.177. The number of hydrogen-bond acceptors (Lipinski definition) is 2. The van der Waals surface area contributed by atoms with Crippen molar-refractivity contribution in [1.29, 1.82) is 0 Å². The second-order valence-electron chi connectivity index (χ2n) is 7.70. The fourth-order valence-corrected chi connectivity index (χ4v) is 4.17. The molecule has 2 aromatic carbocycles. The number of rotatable bonds is 5. The normalized spacial score (nSPS) is 21.7. The van der Waals surface area contributed by atoms with Gasteiger partial charge in [0.1, 0.15) is 0 Å². The third-order valence-electron chi connectivity index (χ3n) is 5.89. The molecule has 130 valence electrons. The van der Waals surface area contributed by atoms with Crippen LogP contribution in [0, 0.1) is 11.8 Å². The molecule has 1 atom stereocenters. The molecule has 1 unspecified atom stereocenters. The van der Waals surface area contributed by atoms with E-state index in [-0.39, 0.29) is 5.92 Å². The van der Waals surface area contributed by atoms with Crippen molar-refractivity contribution in [2.24, 2.45) is 11.8 Å². The standard InChI is InChI=1S/C23H27NO/c25-23(22-10-5-15-24(17-22)16-18-6-4-7-18)21-13-11-20(12-14-21)19-8-2-1-3-9-19/h1-3,8-9,11-14,18,22H,4-7,10,15-17H2. The average Bonchev–Trinajstić information content (AvgIpc) is 2.65. The molecule has 1 heterocycles. The van der Waals surface area contributed by atoms with Crippen molar-refractivity contribution in [3.8, 4) is 11.1 Å². The van der Waals surface area contributed by atoms with Gasteiger partial charge in [0.05, 0.1) is 0 Å². The number of nitrogens with zero attached hydrogens (tertiary/aromatic N) is 1. The third kappa shape index (κ3) is 3.85. The van der Waals surface area contributed by atoms with Gasteiger partial charge in [0.2, 0.25) is 0 Å². The van der Waals surface area contributed by atoms with Gasteiger partial charge in [-0.1, -0.05) is 61.0 Å². The van der Waals surface area contributed by atoms with Crippen LogP contribution in [0.4, 0.5) is 0 Å². The number of Topliss-reactive ketones (excluding diaryl/α,β-unsaturated/α-hetero) is 1. The highest BCUT2D eigenvalue weighted by molar-refractivity contribution is 5.98. The van der Waals surface area contributed by atoms with Gasteiger partial charge < -0.3 is 4.90 Å². The van der Waals surface area contributed by atoms with E-state index in [4.69, 9.17) is 0 Å². The van der Waals surface area contributed by atoms with Crippen LogP contribution in [0.5, 0.6) is 0 Å². The molecule has 25 heavy (non-hydrogen) atoms. The van der Waals surface area contributed by atoms with E-state index in [0.717, 1.165) is 30.9 Å². The monoisotopic (exact) mass is 333 g/mol. The maximum Gasteiger partial charge on any atom is 0.167 e. The number of piperidine rings is 1. The fraction of sp³-hybridized carbons (Fsp3) is 0.435. The molecule has 2 aliphatic rings. The van der Waals surface area contributed by atoms with Crippen LogP contribution in [-0.2, 0) is 0 Å². The van der Waals surface area contributed by atoms with E-state index >= 15 is 0 Å². The topological polar surface area (TPSA) is 20.3 Å². The summed E-state index contributed by atoms with van der Waals surface area (Å²) in [5.74, 6) is 1.40. The summed E-state index contributed by atoms with van der Waals surface area (Å²) in [7, 11) is 0. The Bertz CT molecular complexity index is 703. The van der Waals surface area contributed by atoms with Gasteiger partial charge in [0.25, 0.3) is 0 Å². The first kappa shape index (κ1) is 16.5. The van der Waals surface area contributed by atoms with E-state index in [1.54, 1.807) is 0 Å². The Balaban J connectivity index is 1.41. The van der Waals surface area contributed by atoms with Crippen LogP contribution in [0.3, 0.4) is 0 Å². The number of carbonyl (C=O) groups excluding carboxylic acids is 1. The predicted molar refractivity (Wildman–Crippen MR) is 103 cm³/mol. The van der Waals surface area contributed by atoms with Gasteiger partial charge in [-0.25, -0.2) is 0 Å². The van der Waals surface area contributed by atoms with Gasteiger partial charge in [-0.15, -0.1) is 0 Å². The summed E-state index contributed by atoms with van der Waals surface area (Å²) in [6.07, 6.45) is 6.37. The number of hydrogen-bond donors (Lipinski definition) is 0. The van der Waals surface area contributed by atoms with Crippen molar-refractivity contribution in [2.45, 2.75) is 32.1 Å².